The molecule has 5 nitrogen and oxygen atoms in total. The van der Waals surface area contributed by atoms with Crippen molar-refractivity contribution in [2.75, 3.05) is 5.32 Å². The van der Waals surface area contributed by atoms with Crippen molar-refractivity contribution in [3.63, 3.8) is 0 Å². The zero-order valence-corrected chi connectivity index (χ0v) is 15.5. The van der Waals surface area contributed by atoms with Gasteiger partial charge in [-0.25, -0.2) is 0 Å². The molecule has 2 aromatic heterocycles. The Labute approximate surface area is 163 Å². The van der Waals surface area contributed by atoms with E-state index in [1.807, 2.05) is 24.3 Å². The van der Waals surface area contributed by atoms with Crippen molar-refractivity contribution in [2.45, 2.75) is 6.18 Å². The molecule has 4 rings (SSSR count). The molecule has 148 valence electrons. The van der Waals surface area contributed by atoms with E-state index in [4.69, 9.17) is 0 Å². The molecule has 0 aliphatic heterocycles. The molecule has 1 amide bonds. The van der Waals surface area contributed by atoms with E-state index in [1.165, 1.54) is 22.8 Å². The van der Waals surface area contributed by atoms with E-state index in [0.29, 0.717) is 10.9 Å². The van der Waals surface area contributed by atoms with Crippen LogP contribution in [-0.2, 0) is 20.3 Å². The number of halogens is 3. The van der Waals surface area contributed by atoms with Crippen LogP contribution in [0.15, 0.2) is 59.4 Å². The van der Waals surface area contributed by atoms with Crippen LogP contribution < -0.4 is 10.9 Å². The van der Waals surface area contributed by atoms with Gasteiger partial charge in [-0.3, -0.25) is 9.59 Å². The third kappa shape index (κ3) is 3.06. The average Bonchev–Trinajstić information content (AvgIpc) is 3.03. The van der Waals surface area contributed by atoms with E-state index in [-0.39, 0.29) is 16.9 Å². The molecule has 0 saturated carbocycles. The Morgan fingerprint density at radius 1 is 0.931 bits per heavy atom. The van der Waals surface area contributed by atoms with Crippen molar-refractivity contribution in [1.82, 2.24) is 9.13 Å². The van der Waals surface area contributed by atoms with Gasteiger partial charge >= 0.3 is 6.18 Å². The summed E-state index contributed by atoms with van der Waals surface area (Å²) in [7, 11) is 3.30. The normalized spacial score (nSPS) is 11.9. The molecule has 1 N–H and O–H groups in total. The Balaban J connectivity index is 1.82. The lowest BCUT2D eigenvalue weighted by Gasteiger charge is -2.11. The van der Waals surface area contributed by atoms with Gasteiger partial charge in [-0.2, -0.15) is 13.2 Å². The van der Waals surface area contributed by atoms with Gasteiger partial charge < -0.3 is 14.5 Å². The van der Waals surface area contributed by atoms with Gasteiger partial charge in [0.25, 0.3) is 11.5 Å². The second-order valence-corrected chi connectivity index (χ2v) is 6.76. The van der Waals surface area contributed by atoms with Gasteiger partial charge in [0, 0.05) is 25.2 Å². The number of aryl methyl sites for hydroxylation is 2. The highest BCUT2D eigenvalue weighted by atomic mass is 19.4. The summed E-state index contributed by atoms with van der Waals surface area (Å²) < 4.78 is 41.8. The third-order valence-corrected chi connectivity index (χ3v) is 4.97. The standard InChI is InChI=1S/C21H16F3N3O2/c1-26-17(19(28)25-13-7-5-6-12(10-13)21(22,23)24)11-15-18(26)14-8-3-4-9-16(14)27(2)20(15)29/h3-11H,1-2H3,(H,25,28). The molecule has 0 unspecified atom stereocenters. The van der Waals surface area contributed by atoms with Crippen LogP contribution in [0.25, 0.3) is 21.8 Å². The van der Waals surface area contributed by atoms with Gasteiger partial charge in [0.2, 0.25) is 0 Å². The number of pyridine rings is 1. The van der Waals surface area contributed by atoms with Crippen LogP contribution in [0, 0.1) is 0 Å². The minimum atomic E-state index is -4.51. The second kappa shape index (κ2) is 6.51. The highest BCUT2D eigenvalue weighted by Gasteiger charge is 2.30. The van der Waals surface area contributed by atoms with Gasteiger partial charge in [-0.05, 0) is 30.3 Å². The first kappa shape index (κ1) is 18.8. The molecule has 2 aromatic carbocycles. The number of aromatic nitrogens is 2. The van der Waals surface area contributed by atoms with Gasteiger partial charge in [0.1, 0.15) is 5.69 Å². The first-order chi connectivity index (χ1) is 13.7. The van der Waals surface area contributed by atoms with Crippen LogP contribution in [0.4, 0.5) is 18.9 Å². The monoisotopic (exact) mass is 399 g/mol. The van der Waals surface area contributed by atoms with Gasteiger partial charge in [0.05, 0.1) is 22.0 Å². The Hall–Kier alpha value is -3.55. The summed E-state index contributed by atoms with van der Waals surface area (Å²) in [5.41, 5.74) is 0.396. The topological polar surface area (TPSA) is 56.0 Å². The van der Waals surface area contributed by atoms with Crippen LogP contribution >= 0.6 is 0 Å². The number of carbonyl (C=O) groups is 1. The number of nitrogens with zero attached hydrogens (tertiary/aromatic N) is 2. The van der Waals surface area contributed by atoms with E-state index < -0.39 is 17.6 Å². The van der Waals surface area contributed by atoms with E-state index >= 15 is 0 Å². The van der Waals surface area contributed by atoms with Gasteiger partial charge in [-0.15, -0.1) is 0 Å². The molecule has 29 heavy (non-hydrogen) atoms. The van der Waals surface area contributed by atoms with Gasteiger partial charge in [-0.1, -0.05) is 24.3 Å². The lowest BCUT2D eigenvalue weighted by atomic mass is 10.1. The highest BCUT2D eigenvalue weighted by Crippen LogP contribution is 2.31. The lowest BCUT2D eigenvalue weighted by Crippen LogP contribution is -2.17. The maximum absolute atomic E-state index is 12.9. The molecule has 0 spiro atoms. The largest absolute Gasteiger partial charge is 0.416 e. The van der Waals surface area contributed by atoms with Crippen LogP contribution in [-0.4, -0.2) is 15.0 Å². The summed E-state index contributed by atoms with van der Waals surface area (Å²) in [5, 5.41) is 3.65. The number of hydrogen-bond donors (Lipinski definition) is 1. The number of fused-ring (bicyclic) bond motifs is 3. The first-order valence-electron chi connectivity index (χ1n) is 8.74. The zero-order valence-electron chi connectivity index (χ0n) is 15.5. The smallest absolute Gasteiger partial charge is 0.339 e. The molecule has 4 aromatic rings. The first-order valence-corrected chi connectivity index (χ1v) is 8.74. The maximum atomic E-state index is 12.9. The number of para-hydroxylation sites is 1. The van der Waals surface area contributed by atoms with Crippen molar-refractivity contribution in [1.29, 1.82) is 0 Å². The third-order valence-electron chi connectivity index (χ3n) is 4.97. The van der Waals surface area contributed by atoms with Crippen molar-refractivity contribution < 1.29 is 18.0 Å². The van der Waals surface area contributed by atoms with Crippen molar-refractivity contribution in [3.05, 3.63) is 76.2 Å². The van der Waals surface area contributed by atoms with E-state index in [1.54, 1.807) is 18.7 Å². The fourth-order valence-electron chi connectivity index (χ4n) is 3.53. The summed E-state index contributed by atoms with van der Waals surface area (Å²) in [4.78, 5) is 25.5. The summed E-state index contributed by atoms with van der Waals surface area (Å²) in [6, 6.07) is 13.2. The van der Waals surface area contributed by atoms with Crippen LogP contribution in [0.5, 0.6) is 0 Å². The zero-order chi connectivity index (χ0) is 20.9. The number of amides is 1. The number of hydrogen-bond acceptors (Lipinski definition) is 2. The number of anilines is 1. The SMILES string of the molecule is Cn1c(C(=O)Nc2cccc(C(F)(F)F)c2)cc2c(=O)n(C)c3ccccc3c21. The fourth-order valence-corrected chi connectivity index (χ4v) is 3.53. The Morgan fingerprint density at radius 2 is 1.66 bits per heavy atom. The Kier molecular flexibility index (Phi) is 4.22. The van der Waals surface area contributed by atoms with Crippen molar-refractivity contribution in [3.8, 4) is 0 Å². The number of alkyl halides is 3. The highest BCUT2D eigenvalue weighted by molar-refractivity contribution is 6.11. The molecular weight excluding hydrogens is 383 g/mol. The summed E-state index contributed by atoms with van der Waals surface area (Å²) in [6.45, 7) is 0. The predicted octanol–water partition coefficient (Wildman–Crippen LogP) is 4.30. The minimum absolute atomic E-state index is 0.0211. The summed E-state index contributed by atoms with van der Waals surface area (Å²) in [5.74, 6) is -0.603. The molecule has 0 bridgehead atoms. The minimum Gasteiger partial charge on any atom is -0.339 e. The quantitative estimate of drug-likeness (QED) is 0.546. The van der Waals surface area contributed by atoms with Crippen LogP contribution in [0.3, 0.4) is 0 Å². The molecule has 0 saturated heterocycles. The molecule has 0 aliphatic rings. The molecule has 8 heteroatoms. The predicted molar refractivity (Wildman–Crippen MR) is 105 cm³/mol. The van der Waals surface area contributed by atoms with E-state index in [2.05, 4.69) is 5.32 Å². The second-order valence-electron chi connectivity index (χ2n) is 6.76. The number of rotatable bonds is 2. The molecule has 0 atom stereocenters. The summed E-state index contributed by atoms with van der Waals surface area (Å²) in [6.07, 6.45) is -4.51. The fraction of sp³-hybridized carbons (Fsp3) is 0.143. The molecule has 2 heterocycles. The Bertz CT molecular complexity index is 1330. The molecule has 0 aliphatic carbocycles. The van der Waals surface area contributed by atoms with Crippen molar-refractivity contribution in [2.24, 2.45) is 14.1 Å². The van der Waals surface area contributed by atoms with Crippen molar-refractivity contribution >= 4 is 33.4 Å². The lowest BCUT2D eigenvalue weighted by molar-refractivity contribution is -0.137. The maximum Gasteiger partial charge on any atom is 0.416 e. The van der Waals surface area contributed by atoms with E-state index in [0.717, 1.165) is 23.0 Å². The molecule has 0 fully saturated rings. The van der Waals surface area contributed by atoms with Crippen LogP contribution in [0.1, 0.15) is 16.1 Å². The number of nitrogens with one attached hydrogen (secondary N) is 1. The van der Waals surface area contributed by atoms with E-state index in [9.17, 15) is 22.8 Å². The van der Waals surface area contributed by atoms with Crippen LogP contribution in [0.2, 0.25) is 0 Å². The molecular formula is C21H16F3N3O2. The van der Waals surface area contributed by atoms with Gasteiger partial charge in [0.15, 0.2) is 0 Å². The molecule has 0 radical (unpaired) electrons. The Morgan fingerprint density at radius 3 is 2.38 bits per heavy atom. The number of carbonyl (C=O) groups excluding carboxylic acids is 1. The number of benzene rings is 2. The average molecular weight is 399 g/mol. The summed E-state index contributed by atoms with van der Waals surface area (Å²) >= 11 is 0.